The van der Waals surface area contributed by atoms with E-state index in [2.05, 4.69) is 5.32 Å². The Morgan fingerprint density at radius 1 is 0.947 bits per heavy atom. The molecule has 9 heteroatoms. The van der Waals surface area contributed by atoms with Crippen molar-refractivity contribution in [3.8, 4) is 23.1 Å². The summed E-state index contributed by atoms with van der Waals surface area (Å²) in [5.74, 6) is 0.399. The van der Waals surface area contributed by atoms with E-state index in [9.17, 15) is 14.9 Å². The number of furan rings is 1. The van der Waals surface area contributed by atoms with Gasteiger partial charge in [0.05, 0.1) is 10.2 Å². The standard InChI is InChI=1S/C29H17Cl2N3O3S/c30-19-11-9-18(10-12-19)25-14-13-23(37-25)16-26-28(36)34(22-7-2-1-3-8-22)29(38-26)24(17-32)27(35)33-21-6-4-5-20(31)15-21/h1-16H,(H,33,35). The van der Waals surface area contributed by atoms with Crippen LogP contribution < -0.4 is 20.1 Å². The van der Waals surface area contributed by atoms with E-state index in [1.807, 2.05) is 24.3 Å². The fraction of sp³-hybridized carbons (Fsp3) is 0. The van der Waals surface area contributed by atoms with E-state index in [1.165, 1.54) is 4.57 Å². The SMILES string of the molecule is N#CC(C(=O)Nc1cccc(Cl)c1)=c1sc(=Cc2ccc(-c3ccc(Cl)cc3)o2)c(=O)n1-c1ccccc1. The second kappa shape index (κ2) is 11.0. The Labute approximate surface area is 230 Å². The third-order valence-corrected chi connectivity index (χ3v) is 7.08. The van der Waals surface area contributed by atoms with Gasteiger partial charge >= 0.3 is 0 Å². The van der Waals surface area contributed by atoms with Crippen LogP contribution in [0.3, 0.4) is 0 Å². The number of nitriles is 1. The van der Waals surface area contributed by atoms with Gasteiger partial charge in [0.1, 0.15) is 22.3 Å². The fourth-order valence-corrected chi connectivity index (χ4v) is 5.14. The molecule has 186 valence electrons. The Morgan fingerprint density at radius 2 is 1.71 bits per heavy atom. The number of halogens is 2. The van der Waals surface area contributed by atoms with Gasteiger partial charge in [-0.3, -0.25) is 14.2 Å². The van der Waals surface area contributed by atoms with Crippen molar-refractivity contribution in [2.75, 3.05) is 5.32 Å². The Morgan fingerprint density at radius 3 is 2.42 bits per heavy atom. The molecular formula is C29H17Cl2N3O3S. The maximum absolute atomic E-state index is 13.6. The number of thiazole rings is 1. The zero-order chi connectivity index (χ0) is 26.6. The van der Waals surface area contributed by atoms with Crippen molar-refractivity contribution in [3.63, 3.8) is 0 Å². The molecule has 0 saturated carbocycles. The Hall–Kier alpha value is -4.35. The van der Waals surface area contributed by atoms with Crippen LogP contribution in [0.2, 0.25) is 10.0 Å². The highest BCUT2D eigenvalue weighted by Gasteiger charge is 2.17. The lowest BCUT2D eigenvalue weighted by molar-refractivity contribution is -0.111. The molecule has 6 nitrogen and oxygen atoms in total. The monoisotopic (exact) mass is 557 g/mol. The highest BCUT2D eigenvalue weighted by Crippen LogP contribution is 2.24. The molecule has 0 aliphatic rings. The summed E-state index contributed by atoms with van der Waals surface area (Å²) in [6.07, 6.45) is 1.60. The quantitative estimate of drug-likeness (QED) is 0.304. The van der Waals surface area contributed by atoms with Crippen molar-refractivity contribution in [3.05, 3.63) is 126 Å². The van der Waals surface area contributed by atoms with Crippen LogP contribution in [0.5, 0.6) is 0 Å². The van der Waals surface area contributed by atoms with Gasteiger partial charge in [0.25, 0.3) is 11.5 Å². The summed E-state index contributed by atoms with van der Waals surface area (Å²) < 4.78 is 7.79. The minimum atomic E-state index is -0.657. The molecule has 2 aromatic heterocycles. The molecule has 0 atom stereocenters. The number of carbonyl (C=O) groups excluding carboxylic acids is 1. The highest BCUT2D eigenvalue weighted by molar-refractivity contribution is 7.07. The summed E-state index contributed by atoms with van der Waals surface area (Å²) in [5.41, 5.74) is 1.19. The van der Waals surface area contributed by atoms with Gasteiger partial charge in [-0.1, -0.05) is 47.5 Å². The maximum atomic E-state index is 13.6. The number of anilines is 1. The topological polar surface area (TPSA) is 88.0 Å². The lowest BCUT2D eigenvalue weighted by Gasteiger charge is -2.06. The fourth-order valence-electron chi connectivity index (χ4n) is 3.75. The number of rotatable bonds is 5. The predicted octanol–water partition coefficient (Wildman–Crippen LogP) is 5.61. The molecule has 0 bridgehead atoms. The predicted molar refractivity (Wildman–Crippen MR) is 151 cm³/mol. The van der Waals surface area contributed by atoms with Gasteiger partial charge in [0, 0.05) is 27.4 Å². The average molecular weight is 558 g/mol. The molecule has 0 radical (unpaired) electrons. The van der Waals surface area contributed by atoms with Gasteiger partial charge in [-0.25, -0.2) is 0 Å². The Kier molecular flexibility index (Phi) is 7.29. The molecule has 1 amide bonds. The van der Waals surface area contributed by atoms with E-state index in [4.69, 9.17) is 27.6 Å². The van der Waals surface area contributed by atoms with E-state index in [-0.39, 0.29) is 15.8 Å². The molecule has 0 saturated heterocycles. The molecule has 0 spiro atoms. The van der Waals surface area contributed by atoms with Gasteiger partial charge < -0.3 is 9.73 Å². The zero-order valence-corrected chi connectivity index (χ0v) is 21.8. The summed E-state index contributed by atoms with van der Waals surface area (Å²) in [7, 11) is 0. The van der Waals surface area contributed by atoms with E-state index in [0.717, 1.165) is 16.9 Å². The van der Waals surface area contributed by atoms with Crippen LogP contribution in [0, 0.1) is 11.3 Å². The molecule has 38 heavy (non-hydrogen) atoms. The van der Waals surface area contributed by atoms with Crippen LogP contribution in [-0.4, -0.2) is 10.5 Å². The van der Waals surface area contributed by atoms with Crippen molar-refractivity contribution in [2.24, 2.45) is 0 Å². The van der Waals surface area contributed by atoms with E-state index in [0.29, 0.717) is 37.5 Å². The second-order valence-electron chi connectivity index (χ2n) is 8.05. The van der Waals surface area contributed by atoms with Crippen LogP contribution in [0.4, 0.5) is 5.69 Å². The molecule has 0 aliphatic heterocycles. The number of amides is 1. The minimum absolute atomic E-state index is 0.193. The maximum Gasteiger partial charge on any atom is 0.273 e. The molecule has 1 N–H and O–H groups in total. The van der Waals surface area contributed by atoms with Gasteiger partial charge in [0.2, 0.25) is 0 Å². The van der Waals surface area contributed by atoms with E-state index in [1.54, 1.807) is 78.9 Å². The van der Waals surface area contributed by atoms with Gasteiger partial charge in [-0.15, -0.1) is 11.3 Å². The largest absolute Gasteiger partial charge is 0.457 e. The summed E-state index contributed by atoms with van der Waals surface area (Å²) in [4.78, 5) is 26.7. The smallest absolute Gasteiger partial charge is 0.273 e. The second-order valence-corrected chi connectivity index (χ2v) is 9.96. The van der Waals surface area contributed by atoms with Crippen LogP contribution in [0.1, 0.15) is 5.76 Å². The molecule has 0 aliphatic carbocycles. The number of hydrogen-bond acceptors (Lipinski definition) is 5. The Balaban J connectivity index is 1.65. The lowest BCUT2D eigenvalue weighted by atomic mass is 10.2. The van der Waals surface area contributed by atoms with E-state index >= 15 is 0 Å². The third-order valence-electron chi connectivity index (χ3n) is 5.50. The van der Waals surface area contributed by atoms with Crippen LogP contribution in [0.25, 0.3) is 28.7 Å². The summed E-state index contributed by atoms with van der Waals surface area (Å²) in [6, 6.07) is 28.1. The third kappa shape index (κ3) is 5.34. The van der Waals surface area contributed by atoms with Crippen molar-refractivity contribution in [2.45, 2.75) is 0 Å². The van der Waals surface area contributed by atoms with Crippen molar-refractivity contribution in [1.29, 1.82) is 5.26 Å². The zero-order valence-electron chi connectivity index (χ0n) is 19.5. The molecule has 5 rings (SSSR count). The lowest BCUT2D eigenvalue weighted by Crippen LogP contribution is -2.32. The first kappa shape index (κ1) is 25.3. The molecule has 0 fully saturated rings. The first-order valence-electron chi connectivity index (χ1n) is 11.3. The molecule has 5 aromatic rings. The van der Waals surface area contributed by atoms with Gasteiger partial charge in [0.15, 0.2) is 5.57 Å². The van der Waals surface area contributed by atoms with Gasteiger partial charge in [-0.2, -0.15) is 5.26 Å². The summed E-state index contributed by atoms with van der Waals surface area (Å²) in [6.45, 7) is 0. The number of carbonyl (C=O) groups is 1. The summed E-state index contributed by atoms with van der Waals surface area (Å²) >= 11 is 13.0. The van der Waals surface area contributed by atoms with Crippen LogP contribution >= 0.6 is 34.5 Å². The number of hydrogen-bond donors (Lipinski definition) is 1. The highest BCUT2D eigenvalue weighted by atomic mass is 35.5. The number of para-hydroxylation sites is 1. The normalized spacial score (nSPS) is 12.2. The first-order chi connectivity index (χ1) is 18.4. The number of aromatic nitrogens is 1. The molecule has 2 heterocycles. The average Bonchev–Trinajstić information content (AvgIpc) is 3.50. The molecule has 0 unspecified atom stereocenters. The van der Waals surface area contributed by atoms with Crippen LogP contribution in [0.15, 0.2) is 100 Å². The van der Waals surface area contributed by atoms with Crippen molar-refractivity contribution in [1.82, 2.24) is 4.57 Å². The van der Waals surface area contributed by atoms with Gasteiger partial charge in [-0.05, 0) is 66.7 Å². The van der Waals surface area contributed by atoms with E-state index < -0.39 is 5.91 Å². The minimum Gasteiger partial charge on any atom is -0.457 e. The summed E-state index contributed by atoms with van der Waals surface area (Å²) in [5, 5.41) is 13.7. The number of nitrogens with zero attached hydrogens (tertiary/aromatic N) is 2. The van der Waals surface area contributed by atoms with Crippen molar-refractivity contribution < 1.29 is 9.21 Å². The first-order valence-corrected chi connectivity index (χ1v) is 12.9. The Bertz CT molecular complexity index is 1870. The number of nitrogens with one attached hydrogen (secondary N) is 1. The van der Waals surface area contributed by atoms with Crippen molar-refractivity contribution >= 4 is 57.8 Å². The molecular weight excluding hydrogens is 541 g/mol. The molecule has 3 aromatic carbocycles. The van der Waals surface area contributed by atoms with Crippen LogP contribution in [-0.2, 0) is 4.79 Å². The number of benzene rings is 3.